The van der Waals surface area contributed by atoms with E-state index < -0.39 is 5.97 Å². The number of carboxylic acid groups (broad SMARTS) is 1. The Hall–Kier alpha value is -2.04. The zero-order valence-corrected chi connectivity index (χ0v) is 13.2. The molecule has 0 saturated heterocycles. The summed E-state index contributed by atoms with van der Waals surface area (Å²) in [6.07, 6.45) is 1.04. The topological polar surface area (TPSA) is 60.9 Å². The number of rotatable bonds is 6. The smallest absolute Gasteiger partial charge is 0.335 e. The van der Waals surface area contributed by atoms with Crippen molar-refractivity contribution in [2.75, 3.05) is 20.6 Å². The van der Waals surface area contributed by atoms with Crippen LogP contribution in [0.2, 0.25) is 0 Å². The fourth-order valence-corrected chi connectivity index (χ4v) is 2.06. The number of hydrogen-bond acceptors (Lipinski definition) is 2. The summed E-state index contributed by atoms with van der Waals surface area (Å²) in [6, 6.07) is 6.55. The summed E-state index contributed by atoms with van der Waals surface area (Å²) in [4.78, 5) is 26.4. The molecule has 1 aromatic rings. The minimum absolute atomic E-state index is 0.0300. The molecule has 1 rings (SSSR count). The van der Waals surface area contributed by atoms with Crippen molar-refractivity contribution in [2.45, 2.75) is 26.8 Å². The molecule has 21 heavy (non-hydrogen) atoms. The van der Waals surface area contributed by atoms with Gasteiger partial charge in [0, 0.05) is 27.2 Å². The molecule has 0 spiro atoms. The molecule has 0 radical (unpaired) electrons. The monoisotopic (exact) mass is 292 g/mol. The van der Waals surface area contributed by atoms with Crippen LogP contribution in [-0.4, -0.2) is 47.5 Å². The first-order valence-corrected chi connectivity index (χ1v) is 7.13. The molecule has 1 aromatic carbocycles. The van der Waals surface area contributed by atoms with Crippen LogP contribution < -0.4 is 0 Å². The maximum Gasteiger partial charge on any atom is 0.335 e. The third-order valence-corrected chi connectivity index (χ3v) is 3.56. The lowest BCUT2D eigenvalue weighted by Crippen LogP contribution is -2.40. The first kappa shape index (κ1) is 17.0. The summed E-state index contributed by atoms with van der Waals surface area (Å²) in [5.41, 5.74) is 1.16. The van der Waals surface area contributed by atoms with Crippen molar-refractivity contribution in [2.24, 2.45) is 5.92 Å². The average Bonchev–Trinajstić information content (AvgIpc) is 2.46. The summed E-state index contributed by atoms with van der Waals surface area (Å²) in [7, 11) is 3.55. The quantitative estimate of drug-likeness (QED) is 0.877. The second-order valence-electron chi connectivity index (χ2n) is 5.53. The molecule has 1 atom stereocenters. The van der Waals surface area contributed by atoms with E-state index in [4.69, 9.17) is 5.11 Å². The number of carbonyl (C=O) groups is 2. The van der Waals surface area contributed by atoms with Gasteiger partial charge < -0.3 is 14.9 Å². The number of amides is 2. The van der Waals surface area contributed by atoms with Gasteiger partial charge in [0.1, 0.15) is 0 Å². The van der Waals surface area contributed by atoms with Crippen LogP contribution in [0, 0.1) is 5.92 Å². The van der Waals surface area contributed by atoms with E-state index in [0.717, 1.165) is 18.5 Å². The molecule has 0 aliphatic heterocycles. The number of carboxylic acids is 1. The second-order valence-corrected chi connectivity index (χ2v) is 5.53. The fraction of sp³-hybridized carbons (Fsp3) is 0.500. The molecular weight excluding hydrogens is 268 g/mol. The zero-order valence-electron chi connectivity index (χ0n) is 13.2. The molecule has 0 aliphatic rings. The van der Waals surface area contributed by atoms with E-state index in [-0.39, 0.29) is 11.6 Å². The van der Waals surface area contributed by atoms with Crippen LogP contribution in [0.4, 0.5) is 4.79 Å². The molecule has 0 heterocycles. The predicted molar refractivity (Wildman–Crippen MR) is 82.3 cm³/mol. The molecule has 1 N–H and O–H groups in total. The Kier molecular flexibility index (Phi) is 6.21. The van der Waals surface area contributed by atoms with Gasteiger partial charge in [-0.1, -0.05) is 32.4 Å². The van der Waals surface area contributed by atoms with E-state index >= 15 is 0 Å². The third-order valence-electron chi connectivity index (χ3n) is 3.56. The zero-order chi connectivity index (χ0) is 16.0. The summed E-state index contributed by atoms with van der Waals surface area (Å²) < 4.78 is 0. The number of urea groups is 1. The minimum Gasteiger partial charge on any atom is -0.478 e. The van der Waals surface area contributed by atoms with E-state index in [1.165, 1.54) is 0 Å². The first-order valence-electron chi connectivity index (χ1n) is 7.13. The van der Waals surface area contributed by atoms with Gasteiger partial charge in [0.2, 0.25) is 0 Å². The molecule has 1 unspecified atom stereocenters. The largest absolute Gasteiger partial charge is 0.478 e. The fourth-order valence-electron chi connectivity index (χ4n) is 2.06. The number of nitrogens with zero attached hydrogens (tertiary/aromatic N) is 2. The SMILES string of the molecule is CCC(C)CN(C)C(=O)N(C)Cc1ccc(C(=O)O)cc1. The van der Waals surface area contributed by atoms with Crippen LogP contribution in [-0.2, 0) is 6.54 Å². The standard InChI is InChI=1S/C16H24N2O3/c1-5-12(2)10-17(3)16(21)18(4)11-13-6-8-14(9-7-13)15(19)20/h6-9,12H,5,10-11H2,1-4H3,(H,19,20). The van der Waals surface area contributed by atoms with Gasteiger partial charge in [-0.25, -0.2) is 9.59 Å². The number of carbonyl (C=O) groups excluding carboxylic acids is 1. The number of aromatic carboxylic acids is 1. The van der Waals surface area contributed by atoms with Crippen LogP contribution in [0.25, 0.3) is 0 Å². The van der Waals surface area contributed by atoms with Crippen molar-refractivity contribution < 1.29 is 14.7 Å². The first-order chi connectivity index (χ1) is 9.85. The second kappa shape index (κ2) is 7.67. The predicted octanol–water partition coefficient (Wildman–Crippen LogP) is 2.91. The molecular formula is C16H24N2O3. The van der Waals surface area contributed by atoms with Gasteiger partial charge >= 0.3 is 12.0 Å². The van der Waals surface area contributed by atoms with Crippen LogP contribution in [0.1, 0.15) is 36.2 Å². The van der Waals surface area contributed by atoms with Gasteiger partial charge in [0.05, 0.1) is 5.56 Å². The van der Waals surface area contributed by atoms with Crippen LogP contribution in [0.5, 0.6) is 0 Å². The van der Waals surface area contributed by atoms with E-state index in [1.807, 2.05) is 0 Å². The van der Waals surface area contributed by atoms with Crippen LogP contribution in [0.15, 0.2) is 24.3 Å². The molecule has 5 nitrogen and oxygen atoms in total. The van der Waals surface area contributed by atoms with Crippen molar-refractivity contribution in [1.82, 2.24) is 9.80 Å². The molecule has 0 fully saturated rings. The highest BCUT2D eigenvalue weighted by Gasteiger charge is 2.16. The molecule has 0 saturated carbocycles. The summed E-state index contributed by atoms with van der Waals surface area (Å²) in [5, 5.41) is 8.85. The lowest BCUT2D eigenvalue weighted by molar-refractivity contribution is 0.0697. The van der Waals surface area contributed by atoms with Gasteiger partial charge in [0.15, 0.2) is 0 Å². The van der Waals surface area contributed by atoms with E-state index in [1.54, 1.807) is 48.2 Å². The van der Waals surface area contributed by atoms with Crippen molar-refractivity contribution in [3.63, 3.8) is 0 Å². The van der Waals surface area contributed by atoms with Crippen molar-refractivity contribution in [3.8, 4) is 0 Å². The normalized spacial score (nSPS) is 11.8. The van der Waals surface area contributed by atoms with Gasteiger partial charge in [-0.05, 0) is 23.6 Å². The van der Waals surface area contributed by atoms with Gasteiger partial charge in [-0.3, -0.25) is 0 Å². The molecule has 2 amide bonds. The van der Waals surface area contributed by atoms with Crippen LogP contribution in [0.3, 0.4) is 0 Å². The van der Waals surface area contributed by atoms with Gasteiger partial charge in [-0.2, -0.15) is 0 Å². The Bertz CT molecular complexity index is 485. The van der Waals surface area contributed by atoms with Crippen molar-refractivity contribution in [3.05, 3.63) is 35.4 Å². The third kappa shape index (κ3) is 5.10. The van der Waals surface area contributed by atoms with E-state index in [9.17, 15) is 9.59 Å². The Balaban J connectivity index is 2.61. The molecule has 0 aliphatic carbocycles. The Morgan fingerprint density at radius 1 is 1.14 bits per heavy atom. The number of hydrogen-bond donors (Lipinski definition) is 1. The minimum atomic E-state index is -0.945. The Morgan fingerprint density at radius 3 is 2.19 bits per heavy atom. The van der Waals surface area contributed by atoms with E-state index in [2.05, 4.69) is 13.8 Å². The Morgan fingerprint density at radius 2 is 1.71 bits per heavy atom. The molecule has 0 aromatic heterocycles. The van der Waals surface area contributed by atoms with Gasteiger partial charge in [0.25, 0.3) is 0 Å². The van der Waals surface area contributed by atoms with E-state index in [0.29, 0.717) is 12.5 Å². The molecule has 116 valence electrons. The lowest BCUT2D eigenvalue weighted by atomic mass is 10.1. The molecule has 5 heteroatoms. The highest BCUT2D eigenvalue weighted by atomic mass is 16.4. The van der Waals surface area contributed by atoms with Crippen LogP contribution >= 0.6 is 0 Å². The lowest BCUT2D eigenvalue weighted by Gasteiger charge is -2.27. The summed E-state index contributed by atoms with van der Waals surface area (Å²) in [6.45, 7) is 5.42. The average molecular weight is 292 g/mol. The summed E-state index contributed by atoms with van der Waals surface area (Å²) in [5.74, 6) is -0.471. The van der Waals surface area contributed by atoms with Gasteiger partial charge in [-0.15, -0.1) is 0 Å². The summed E-state index contributed by atoms with van der Waals surface area (Å²) >= 11 is 0. The molecule has 0 bridgehead atoms. The Labute approximate surface area is 126 Å². The highest BCUT2D eigenvalue weighted by molar-refractivity contribution is 5.87. The number of benzene rings is 1. The van der Waals surface area contributed by atoms with Crippen molar-refractivity contribution in [1.29, 1.82) is 0 Å². The van der Waals surface area contributed by atoms with Crippen molar-refractivity contribution >= 4 is 12.0 Å². The maximum absolute atomic E-state index is 12.2. The highest BCUT2D eigenvalue weighted by Crippen LogP contribution is 2.10. The maximum atomic E-state index is 12.2.